The zero-order valence-corrected chi connectivity index (χ0v) is 13.6. The number of rotatable bonds is 5. The van der Waals surface area contributed by atoms with Crippen molar-refractivity contribution < 1.29 is 0 Å². The van der Waals surface area contributed by atoms with Crippen molar-refractivity contribution in [1.82, 2.24) is 19.6 Å². The van der Waals surface area contributed by atoms with Crippen LogP contribution in [0, 0.1) is 0 Å². The topological polar surface area (TPSA) is 81.1 Å². The van der Waals surface area contributed by atoms with E-state index < -0.39 is 0 Å². The molecule has 0 unspecified atom stereocenters. The Morgan fingerprint density at radius 1 is 1.04 bits per heavy atom. The fourth-order valence-electron chi connectivity index (χ4n) is 2.73. The molecule has 6 heteroatoms. The highest BCUT2D eigenvalue weighted by molar-refractivity contribution is 5.67. The van der Waals surface area contributed by atoms with Crippen LogP contribution >= 0.6 is 0 Å². The number of fused-ring (bicyclic) bond motifs is 1. The van der Waals surface area contributed by atoms with Crippen LogP contribution in [0.1, 0.15) is 11.1 Å². The van der Waals surface area contributed by atoms with Crippen LogP contribution in [-0.2, 0) is 13.1 Å². The van der Waals surface area contributed by atoms with Crippen LogP contribution in [0.2, 0.25) is 0 Å². The number of pyridine rings is 1. The maximum atomic E-state index is 5.84. The molecule has 0 amide bonds. The third-order valence-corrected chi connectivity index (χ3v) is 4.03. The molecule has 0 aliphatic carbocycles. The van der Waals surface area contributed by atoms with E-state index in [-0.39, 0.29) is 0 Å². The molecule has 0 aliphatic heterocycles. The molecule has 4 rings (SSSR count). The summed E-state index contributed by atoms with van der Waals surface area (Å²) in [7, 11) is 0. The minimum Gasteiger partial charge on any atom is -0.366 e. The number of aromatic nitrogens is 4. The molecule has 0 spiro atoms. The largest absolute Gasteiger partial charge is 0.366 e. The summed E-state index contributed by atoms with van der Waals surface area (Å²) in [4.78, 5) is 8.91. The van der Waals surface area contributed by atoms with Crippen LogP contribution in [0.25, 0.3) is 16.9 Å². The minimum atomic E-state index is 0.400. The molecule has 4 aromatic rings. The number of benzene rings is 1. The average Bonchev–Trinajstić information content (AvgIpc) is 3.11. The molecule has 6 nitrogen and oxygen atoms in total. The molecule has 0 saturated heterocycles. The summed E-state index contributed by atoms with van der Waals surface area (Å²) in [5.74, 6) is 0.868. The first kappa shape index (κ1) is 15.3. The van der Waals surface area contributed by atoms with Gasteiger partial charge in [-0.1, -0.05) is 36.4 Å². The predicted octanol–water partition coefficient (Wildman–Crippen LogP) is 2.86. The van der Waals surface area contributed by atoms with Crippen molar-refractivity contribution in [2.75, 3.05) is 5.32 Å². The molecule has 0 radical (unpaired) electrons. The Hall–Kier alpha value is -3.25. The summed E-state index contributed by atoms with van der Waals surface area (Å²) in [6.07, 6.45) is 5.38. The lowest BCUT2D eigenvalue weighted by molar-refractivity contribution is 0.925. The molecule has 124 valence electrons. The van der Waals surface area contributed by atoms with Crippen molar-refractivity contribution in [1.29, 1.82) is 0 Å². The molecular formula is C19H18N6. The van der Waals surface area contributed by atoms with Crippen LogP contribution in [0.3, 0.4) is 0 Å². The first-order chi connectivity index (χ1) is 12.3. The smallest absolute Gasteiger partial charge is 0.162 e. The second-order valence-electron chi connectivity index (χ2n) is 5.72. The second kappa shape index (κ2) is 6.70. The van der Waals surface area contributed by atoms with Gasteiger partial charge < -0.3 is 11.1 Å². The number of nitrogens with one attached hydrogen (secondary N) is 1. The lowest BCUT2D eigenvalue weighted by Crippen LogP contribution is -2.07. The van der Waals surface area contributed by atoms with E-state index >= 15 is 0 Å². The predicted molar refractivity (Wildman–Crippen MR) is 97.9 cm³/mol. The average molecular weight is 330 g/mol. The summed E-state index contributed by atoms with van der Waals surface area (Å²) in [6, 6.07) is 16.1. The second-order valence-corrected chi connectivity index (χ2v) is 5.72. The van der Waals surface area contributed by atoms with E-state index in [1.54, 1.807) is 16.9 Å². The lowest BCUT2D eigenvalue weighted by atomic mass is 10.1. The highest BCUT2D eigenvalue weighted by Gasteiger charge is 2.12. The number of hydrogen-bond donors (Lipinski definition) is 2. The molecular weight excluding hydrogens is 312 g/mol. The summed E-state index contributed by atoms with van der Waals surface area (Å²) >= 11 is 0. The van der Waals surface area contributed by atoms with Gasteiger partial charge >= 0.3 is 0 Å². The molecule has 0 fully saturated rings. The zero-order chi connectivity index (χ0) is 17.1. The standard InChI is InChI=1S/C19H18N6/c20-10-16-13-23-25-18(22-12-14-5-4-8-21-11-14)9-17(24-19(16)25)15-6-2-1-3-7-15/h1-9,11,13,22H,10,12,20H2. The third kappa shape index (κ3) is 3.07. The third-order valence-electron chi connectivity index (χ3n) is 4.03. The molecule has 1 aromatic carbocycles. The van der Waals surface area contributed by atoms with Crippen molar-refractivity contribution >= 4 is 11.5 Å². The Morgan fingerprint density at radius 3 is 2.68 bits per heavy atom. The molecule has 3 N–H and O–H groups in total. The van der Waals surface area contributed by atoms with Crippen molar-refractivity contribution in [3.8, 4) is 11.3 Å². The van der Waals surface area contributed by atoms with E-state index in [2.05, 4.69) is 15.4 Å². The van der Waals surface area contributed by atoms with E-state index in [0.717, 1.165) is 33.8 Å². The van der Waals surface area contributed by atoms with Gasteiger partial charge in [0.15, 0.2) is 5.65 Å². The van der Waals surface area contributed by atoms with Crippen LogP contribution < -0.4 is 11.1 Å². The van der Waals surface area contributed by atoms with Crippen LogP contribution in [0.4, 0.5) is 5.82 Å². The maximum Gasteiger partial charge on any atom is 0.162 e. The summed E-state index contributed by atoms with van der Waals surface area (Å²) in [5, 5.41) is 7.86. The fraction of sp³-hybridized carbons (Fsp3) is 0.105. The highest BCUT2D eigenvalue weighted by Crippen LogP contribution is 2.23. The zero-order valence-electron chi connectivity index (χ0n) is 13.6. The van der Waals surface area contributed by atoms with Gasteiger partial charge in [0.2, 0.25) is 0 Å². The van der Waals surface area contributed by atoms with Gasteiger partial charge in [-0.3, -0.25) is 4.98 Å². The summed E-state index contributed by atoms with van der Waals surface area (Å²) < 4.78 is 1.80. The van der Waals surface area contributed by atoms with E-state index in [1.807, 2.05) is 54.7 Å². The Kier molecular flexibility index (Phi) is 4.10. The Balaban J connectivity index is 1.77. The summed E-state index contributed by atoms with van der Waals surface area (Å²) in [5.41, 5.74) is 10.6. The molecule has 3 heterocycles. The van der Waals surface area contributed by atoms with Crippen molar-refractivity contribution in [2.45, 2.75) is 13.1 Å². The number of hydrogen-bond acceptors (Lipinski definition) is 5. The first-order valence-corrected chi connectivity index (χ1v) is 8.11. The van der Waals surface area contributed by atoms with E-state index in [9.17, 15) is 0 Å². The van der Waals surface area contributed by atoms with Crippen LogP contribution in [0.5, 0.6) is 0 Å². The number of nitrogens with two attached hydrogens (primary N) is 1. The van der Waals surface area contributed by atoms with Gasteiger partial charge in [-0.15, -0.1) is 0 Å². The molecule has 0 saturated carbocycles. The lowest BCUT2D eigenvalue weighted by Gasteiger charge is -2.11. The van der Waals surface area contributed by atoms with Gasteiger partial charge in [-0.25, -0.2) is 4.98 Å². The van der Waals surface area contributed by atoms with Gasteiger partial charge in [0, 0.05) is 42.7 Å². The SMILES string of the molecule is NCc1cnn2c(NCc3cccnc3)cc(-c3ccccc3)nc12. The minimum absolute atomic E-state index is 0.400. The van der Waals surface area contributed by atoms with Crippen molar-refractivity contribution in [3.05, 3.63) is 78.2 Å². The summed E-state index contributed by atoms with van der Waals surface area (Å²) in [6.45, 7) is 1.05. The molecule has 0 aliphatic rings. The van der Waals surface area contributed by atoms with Gasteiger partial charge in [0.05, 0.1) is 11.9 Å². The van der Waals surface area contributed by atoms with Gasteiger partial charge in [0.25, 0.3) is 0 Å². The maximum absolute atomic E-state index is 5.84. The first-order valence-electron chi connectivity index (χ1n) is 8.11. The monoisotopic (exact) mass is 330 g/mol. The number of nitrogens with zero attached hydrogens (tertiary/aromatic N) is 4. The number of anilines is 1. The Morgan fingerprint density at radius 2 is 1.92 bits per heavy atom. The van der Waals surface area contributed by atoms with Gasteiger partial charge in [-0.2, -0.15) is 9.61 Å². The fourth-order valence-corrected chi connectivity index (χ4v) is 2.73. The normalized spacial score (nSPS) is 10.9. The van der Waals surface area contributed by atoms with Crippen LogP contribution in [-0.4, -0.2) is 19.6 Å². The Labute approximate surface area is 145 Å². The van der Waals surface area contributed by atoms with E-state index in [0.29, 0.717) is 13.1 Å². The van der Waals surface area contributed by atoms with Crippen molar-refractivity contribution in [2.24, 2.45) is 5.73 Å². The van der Waals surface area contributed by atoms with E-state index in [4.69, 9.17) is 10.7 Å². The molecule has 3 aromatic heterocycles. The van der Waals surface area contributed by atoms with Gasteiger partial charge in [0.1, 0.15) is 5.82 Å². The molecule has 0 bridgehead atoms. The van der Waals surface area contributed by atoms with Crippen molar-refractivity contribution in [3.63, 3.8) is 0 Å². The molecule has 0 atom stereocenters. The van der Waals surface area contributed by atoms with E-state index in [1.165, 1.54) is 0 Å². The van der Waals surface area contributed by atoms with Gasteiger partial charge in [-0.05, 0) is 11.6 Å². The quantitative estimate of drug-likeness (QED) is 0.588. The van der Waals surface area contributed by atoms with Crippen LogP contribution in [0.15, 0.2) is 67.1 Å². The highest BCUT2D eigenvalue weighted by atomic mass is 15.3. The molecule has 25 heavy (non-hydrogen) atoms. The Bertz CT molecular complexity index is 979.